The molecule has 1 unspecified atom stereocenters. The fraction of sp³-hybridized carbons (Fsp3) is 0.357. The highest BCUT2D eigenvalue weighted by atomic mass is 79.9. The van der Waals surface area contributed by atoms with E-state index in [1.807, 2.05) is 17.9 Å². The Morgan fingerprint density at radius 1 is 1.33 bits per heavy atom. The second kappa shape index (κ2) is 4.76. The summed E-state index contributed by atoms with van der Waals surface area (Å²) in [4.78, 5) is 0. The molecule has 0 fully saturated rings. The van der Waals surface area contributed by atoms with E-state index in [-0.39, 0.29) is 0 Å². The Kier molecular flexibility index (Phi) is 3.12. The minimum absolute atomic E-state index is 0.392. The van der Waals surface area contributed by atoms with Gasteiger partial charge in [0.1, 0.15) is 0 Å². The first-order chi connectivity index (χ1) is 8.74. The van der Waals surface area contributed by atoms with E-state index in [1.165, 1.54) is 29.8 Å². The van der Waals surface area contributed by atoms with Crippen molar-refractivity contribution in [2.45, 2.75) is 25.3 Å². The van der Waals surface area contributed by atoms with E-state index in [0.717, 1.165) is 10.9 Å². The molecule has 0 radical (unpaired) electrons. The molecule has 0 spiro atoms. The van der Waals surface area contributed by atoms with Crippen LogP contribution in [0.5, 0.6) is 0 Å². The molecule has 1 N–H and O–H groups in total. The van der Waals surface area contributed by atoms with Crippen LogP contribution in [0.15, 0.2) is 34.9 Å². The van der Waals surface area contributed by atoms with Gasteiger partial charge in [-0.25, -0.2) is 0 Å². The van der Waals surface area contributed by atoms with Crippen LogP contribution in [-0.2, 0) is 13.5 Å². The number of hydrogen-bond donors (Lipinski definition) is 1. The lowest BCUT2D eigenvalue weighted by Gasteiger charge is -2.24. The Hall–Kier alpha value is -1.29. The Bertz CT molecular complexity index is 545. The van der Waals surface area contributed by atoms with Crippen molar-refractivity contribution in [3.8, 4) is 0 Å². The summed E-state index contributed by atoms with van der Waals surface area (Å²) >= 11 is 3.46. The Morgan fingerprint density at radius 2 is 2.11 bits per heavy atom. The summed E-state index contributed by atoms with van der Waals surface area (Å²) < 4.78 is 3.11. The molecule has 3 rings (SSSR count). The van der Waals surface area contributed by atoms with E-state index in [2.05, 4.69) is 50.6 Å². The summed E-state index contributed by atoms with van der Waals surface area (Å²) in [7, 11) is 2.03. The number of halogens is 1. The zero-order valence-corrected chi connectivity index (χ0v) is 11.9. The molecule has 1 aromatic heterocycles. The number of nitrogens with zero attached hydrogens (tertiary/aromatic N) is 2. The van der Waals surface area contributed by atoms with Crippen LogP contribution in [0, 0.1) is 0 Å². The molecule has 0 amide bonds. The van der Waals surface area contributed by atoms with Gasteiger partial charge in [-0.15, -0.1) is 0 Å². The van der Waals surface area contributed by atoms with Crippen LogP contribution in [0.25, 0.3) is 0 Å². The van der Waals surface area contributed by atoms with Gasteiger partial charge in [-0.05, 0) is 43.5 Å². The molecule has 2 aromatic rings. The van der Waals surface area contributed by atoms with Gasteiger partial charge in [-0.2, -0.15) is 5.10 Å². The summed E-state index contributed by atoms with van der Waals surface area (Å²) in [6, 6.07) is 8.73. The second-order valence-electron chi connectivity index (χ2n) is 4.77. The summed E-state index contributed by atoms with van der Waals surface area (Å²) in [6.45, 7) is 0. The maximum absolute atomic E-state index is 4.37. The van der Waals surface area contributed by atoms with E-state index in [4.69, 9.17) is 0 Å². The van der Waals surface area contributed by atoms with Crippen molar-refractivity contribution in [1.82, 2.24) is 9.78 Å². The Labute approximate surface area is 115 Å². The average molecular weight is 306 g/mol. The van der Waals surface area contributed by atoms with E-state index in [9.17, 15) is 0 Å². The number of benzene rings is 1. The standard InChI is InChI=1S/C14H16BrN3/c1-18-14-4-2-3-13(12(14)9-16-18)17-11-7-5-10(15)6-8-11/h5-9,13,17H,2-4H2,1H3. The van der Waals surface area contributed by atoms with Crippen molar-refractivity contribution in [2.75, 3.05) is 5.32 Å². The molecule has 1 heterocycles. The lowest BCUT2D eigenvalue weighted by Crippen LogP contribution is -2.17. The molecular weight excluding hydrogens is 290 g/mol. The van der Waals surface area contributed by atoms with Crippen LogP contribution in [0.4, 0.5) is 5.69 Å². The SMILES string of the molecule is Cn1ncc2c1CCCC2Nc1ccc(Br)cc1. The smallest absolute Gasteiger partial charge is 0.0547 e. The molecule has 1 aliphatic rings. The molecule has 1 aromatic carbocycles. The quantitative estimate of drug-likeness (QED) is 0.917. The monoisotopic (exact) mass is 305 g/mol. The molecule has 1 atom stereocenters. The van der Waals surface area contributed by atoms with Gasteiger partial charge in [0.05, 0.1) is 12.2 Å². The molecular formula is C14H16BrN3. The summed E-state index contributed by atoms with van der Waals surface area (Å²) in [5, 5.41) is 7.98. The number of rotatable bonds is 2. The van der Waals surface area contributed by atoms with Gasteiger partial charge in [-0.3, -0.25) is 4.68 Å². The second-order valence-corrected chi connectivity index (χ2v) is 5.68. The van der Waals surface area contributed by atoms with Crippen LogP contribution < -0.4 is 5.32 Å². The van der Waals surface area contributed by atoms with Crippen LogP contribution in [-0.4, -0.2) is 9.78 Å². The third-order valence-corrected chi connectivity index (χ3v) is 4.09. The minimum Gasteiger partial charge on any atom is -0.378 e. The van der Waals surface area contributed by atoms with Crippen LogP contribution in [0.1, 0.15) is 30.1 Å². The molecule has 4 heteroatoms. The van der Waals surface area contributed by atoms with Crippen molar-refractivity contribution in [3.05, 3.63) is 46.2 Å². The zero-order chi connectivity index (χ0) is 12.5. The Morgan fingerprint density at radius 3 is 2.89 bits per heavy atom. The van der Waals surface area contributed by atoms with E-state index in [0.29, 0.717) is 6.04 Å². The van der Waals surface area contributed by atoms with Gasteiger partial charge in [0.15, 0.2) is 0 Å². The summed E-state index contributed by atoms with van der Waals surface area (Å²) in [5.41, 5.74) is 3.89. The normalized spacial score (nSPS) is 18.4. The van der Waals surface area contributed by atoms with Crippen LogP contribution in [0.3, 0.4) is 0 Å². The minimum atomic E-state index is 0.392. The first-order valence-electron chi connectivity index (χ1n) is 6.27. The fourth-order valence-electron chi connectivity index (χ4n) is 2.60. The molecule has 0 aliphatic heterocycles. The molecule has 18 heavy (non-hydrogen) atoms. The summed E-state index contributed by atoms with van der Waals surface area (Å²) in [5.74, 6) is 0. The lowest BCUT2D eigenvalue weighted by molar-refractivity contribution is 0.571. The molecule has 94 valence electrons. The highest BCUT2D eigenvalue weighted by Crippen LogP contribution is 2.32. The van der Waals surface area contributed by atoms with Crippen molar-refractivity contribution in [3.63, 3.8) is 0 Å². The maximum atomic E-state index is 4.37. The largest absolute Gasteiger partial charge is 0.378 e. The zero-order valence-electron chi connectivity index (χ0n) is 10.4. The number of aryl methyl sites for hydroxylation is 1. The average Bonchev–Trinajstić information content (AvgIpc) is 2.76. The first kappa shape index (κ1) is 11.8. The lowest BCUT2D eigenvalue weighted by atomic mass is 9.93. The predicted molar refractivity (Wildman–Crippen MR) is 76.7 cm³/mol. The molecule has 0 saturated heterocycles. The van der Waals surface area contributed by atoms with E-state index in [1.54, 1.807) is 0 Å². The fourth-order valence-corrected chi connectivity index (χ4v) is 2.87. The highest BCUT2D eigenvalue weighted by molar-refractivity contribution is 9.10. The Balaban J connectivity index is 1.84. The van der Waals surface area contributed by atoms with E-state index < -0.39 is 0 Å². The van der Waals surface area contributed by atoms with Gasteiger partial charge < -0.3 is 5.32 Å². The third-order valence-electron chi connectivity index (χ3n) is 3.56. The molecule has 0 bridgehead atoms. The molecule has 0 saturated carbocycles. The molecule has 3 nitrogen and oxygen atoms in total. The van der Waals surface area contributed by atoms with Gasteiger partial charge >= 0.3 is 0 Å². The number of anilines is 1. The van der Waals surface area contributed by atoms with Crippen LogP contribution >= 0.6 is 15.9 Å². The summed E-state index contributed by atoms with van der Waals surface area (Å²) in [6.07, 6.45) is 5.55. The number of fused-ring (bicyclic) bond motifs is 1. The molecule has 1 aliphatic carbocycles. The first-order valence-corrected chi connectivity index (χ1v) is 7.06. The van der Waals surface area contributed by atoms with E-state index >= 15 is 0 Å². The van der Waals surface area contributed by atoms with Crippen molar-refractivity contribution < 1.29 is 0 Å². The number of aromatic nitrogens is 2. The van der Waals surface area contributed by atoms with Gasteiger partial charge in [0, 0.05) is 28.5 Å². The maximum Gasteiger partial charge on any atom is 0.0547 e. The third kappa shape index (κ3) is 2.17. The van der Waals surface area contributed by atoms with Gasteiger partial charge in [-0.1, -0.05) is 15.9 Å². The highest BCUT2D eigenvalue weighted by Gasteiger charge is 2.23. The van der Waals surface area contributed by atoms with Crippen molar-refractivity contribution in [1.29, 1.82) is 0 Å². The topological polar surface area (TPSA) is 29.9 Å². The van der Waals surface area contributed by atoms with Crippen LogP contribution in [0.2, 0.25) is 0 Å². The predicted octanol–water partition coefficient (Wildman–Crippen LogP) is 3.67. The van der Waals surface area contributed by atoms with Gasteiger partial charge in [0.25, 0.3) is 0 Å². The van der Waals surface area contributed by atoms with Gasteiger partial charge in [0.2, 0.25) is 0 Å². The van der Waals surface area contributed by atoms with Crippen molar-refractivity contribution in [2.24, 2.45) is 7.05 Å². The number of nitrogens with one attached hydrogen (secondary N) is 1. The van der Waals surface area contributed by atoms with Crippen molar-refractivity contribution >= 4 is 21.6 Å². The number of hydrogen-bond acceptors (Lipinski definition) is 2.